The van der Waals surface area contributed by atoms with Gasteiger partial charge in [0, 0.05) is 0 Å². The lowest BCUT2D eigenvalue weighted by Crippen LogP contribution is -1.96. The maximum Gasteiger partial charge on any atom is -0.0177 e. The summed E-state index contributed by atoms with van der Waals surface area (Å²) in [5.41, 5.74) is 0.648. The third-order valence-corrected chi connectivity index (χ3v) is 3.31. The number of allylic oxidation sites excluding steroid dienone is 1. The molecule has 1 fully saturated rings. The molecule has 1 aliphatic carbocycles. The molecule has 1 aliphatic rings. The van der Waals surface area contributed by atoms with Crippen LogP contribution in [0.15, 0.2) is 12.7 Å². The molecular weight excluding hydrogens is 144 g/mol. The van der Waals surface area contributed by atoms with Crippen molar-refractivity contribution in [3.05, 3.63) is 12.7 Å². The van der Waals surface area contributed by atoms with Gasteiger partial charge in [-0.1, -0.05) is 45.6 Å². The van der Waals surface area contributed by atoms with Gasteiger partial charge < -0.3 is 0 Å². The Bertz CT molecular complexity index is 148. The SMILES string of the molecule is C=CC1CC1(C)CCCCCC. The van der Waals surface area contributed by atoms with Gasteiger partial charge in [-0.2, -0.15) is 0 Å². The van der Waals surface area contributed by atoms with Gasteiger partial charge in [0.2, 0.25) is 0 Å². The van der Waals surface area contributed by atoms with Crippen molar-refractivity contribution in [3.8, 4) is 0 Å². The van der Waals surface area contributed by atoms with E-state index in [4.69, 9.17) is 0 Å². The van der Waals surface area contributed by atoms with Crippen molar-refractivity contribution in [3.63, 3.8) is 0 Å². The zero-order valence-corrected chi connectivity index (χ0v) is 8.60. The molecule has 1 saturated carbocycles. The van der Waals surface area contributed by atoms with Crippen molar-refractivity contribution >= 4 is 0 Å². The van der Waals surface area contributed by atoms with Crippen molar-refractivity contribution in [2.45, 2.75) is 52.4 Å². The fourth-order valence-corrected chi connectivity index (χ4v) is 2.05. The van der Waals surface area contributed by atoms with Crippen LogP contribution in [-0.2, 0) is 0 Å². The highest BCUT2D eigenvalue weighted by molar-refractivity contribution is 5.06. The van der Waals surface area contributed by atoms with E-state index in [1.165, 1.54) is 38.5 Å². The summed E-state index contributed by atoms with van der Waals surface area (Å²) in [5, 5.41) is 0. The van der Waals surface area contributed by atoms with Crippen LogP contribution in [0.3, 0.4) is 0 Å². The summed E-state index contributed by atoms with van der Waals surface area (Å²) in [4.78, 5) is 0. The minimum Gasteiger partial charge on any atom is -0.103 e. The lowest BCUT2D eigenvalue weighted by atomic mass is 9.97. The summed E-state index contributed by atoms with van der Waals surface area (Å²) in [7, 11) is 0. The molecule has 0 heterocycles. The van der Waals surface area contributed by atoms with Gasteiger partial charge in [-0.25, -0.2) is 0 Å². The van der Waals surface area contributed by atoms with Crippen LogP contribution < -0.4 is 0 Å². The monoisotopic (exact) mass is 166 g/mol. The Kier molecular flexibility index (Phi) is 3.37. The zero-order chi connectivity index (χ0) is 9.03. The van der Waals surface area contributed by atoms with Crippen LogP contribution in [0.25, 0.3) is 0 Å². The Hall–Kier alpha value is -0.260. The minimum atomic E-state index is 0.648. The third kappa shape index (κ3) is 2.36. The molecule has 0 heteroatoms. The van der Waals surface area contributed by atoms with Gasteiger partial charge in [0.1, 0.15) is 0 Å². The van der Waals surface area contributed by atoms with E-state index in [1.807, 2.05) is 0 Å². The standard InChI is InChI=1S/C12H22/c1-4-6-7-8-9-12(3)10-11(12)5-2/h5,11H,2,4,6-10H2,1,3H3. The highest BCUT2D eigenvalue weighted by Crippen LogP contribution is 2.56. The van der Waals surface area contributed by atoms with Crippen molar-refractivity contribution < 1.29 is 0 Å². The van der Waals surface area contributed by atoms with E-state index in [0.717, 1.165) is 5.92 Å². The van der Waals surface area contributed by atoms with Gasteiger partial charge in [0.25, 0.3) is 0 Å². The molecule has 0 bridgehead atoms. The maximum absolute atomic E-state index is 3.86. The number of rotatable bonds is 6. The van der Waals surface area contributed by atoms with E-state index >= 15 is 0 Å². The Morgan fingerprint density at radius 1 is 1.42 bits per heavy atom. The molecule has 0 radical (unpaired) electrons. The minimum absolute atomic E-state index is 0.648. The first-order valence-corrected chi connectivity index (χ1v) is 5.35. The second kappa shape index (κ2) is 4.11. The number of hydrogen-bond acceptors (Lipinski definition) is 0. The Balaban J connectivity index is 2.04. The summed E-state index contributed by atoms with van der Waals surface area (Å²) in [6.45, 7) is 8.54. The molecule has 0 spiro atoms. The Morgan fingerprint density at radius 3 is 2.67 bits per heavy atom. The van der Waals surface area contributed by atoms with Crippen LogP contribution in [0.1, 0.15) is 52.4 Å². The average molecular weight is 166 g/mol. The van der Waals surface area contributed by atoms with Crippen molar-refractivity contribution in [2.75, 3.05) is 0 Å². The second-order valence-corrected chi connectivity index (χ2v) is 4.51. The van der Waals surface area contributed by atoms with E-state index in [9.17, 15) is 0 Å². The van der Waals surface area contributed by atoms with E-state index < -0.39 is 0 Å². The largest absolute Gasteiger partial charge is 0.103 e. The van der Waals surface area contributed by atoms with E-state index in [2.05, 4.69) is 26.5 Å². The van der Waals surface area contributed by atoms with Crippen LogP contribution in [-0.4, -0.2) is 0 Å². The maximum atomic E-state index is 3.86. The average Bonchev–Trinajstić information content (AvgIpc) is 2.72. The van der Waals surface area contributed by atoms with Crippen LogP contribution in [0.4, 0.5) is 0 Å². The summed E-state index contributed by atoms with van der Waals surface area (Å²) >= 11 is 0. The smallest absolute Gasteiger partial charge is 0.0177 e. The van der Waals surface area contributed by atoms with Crippen molar-refractivity contribution in [1.29, 1.82) is 0 Å². The van der Waals surface area contributed by atoms with Gasteiger partial charge in [0.05, 0.1) is 0 Å². The van der Waals surface area contributed by atoms with Crippen LogP contribution in [0.2, 0.25) is 0 Å². The predicted molar refractivity (Wildman–Crippen MR) is 55.2 cm³/mol. The first-order valence-electron chi connectivity index (χ1n) is 5.35. The Morgan fingerprint density at radius 2 is 2.17 bits per heavy atom. The molecule has 0 aromatic rings. The topological polar surface area (TPSA) is 0 Å². The summed E-state index contributed by atoms with van der Waals surface area (Å²) in [5.74, 6) is 0.833. The quantitative estimate of drug-likeness (QED) is 0.410. The molecule has 0 aliphatic heterocycles. The van der Waals surface area contributed by atoms with Crippen LogP contribution in [0.5, 0.6) is 0 Å². The Labute approximate surface area is 77.1 Å². The van der Waals surface area contributed by atoms with Crippen molar-refractivity contribution in [1.82, 2.24) is 0 Å². The molecule has 12 heavy (non-hydrogen) atoms. The number of hydrogen-bond donors (Lipinski definition) is 0. The molecule has 1 rings (SSSR count). The van der Waals surface area contributed by atoms with Crippen LogP contribution in [0, 0.1) is 11.3 Å². The van der Waals surface area contributed by atoms with E-state index in [0.29, 0.717) is 5.41 Å². The summed E-state index contributed by atoms with van der Waals surface area (Å²) in [6, 6.07) is 0. The first-order chi connectivity index (χ1) is 5.73. The molecular formula is C12H22. The summed E-state index contributed by atoms with van der Waals surface area (Å²) < 4.78 is 0. The predicted octanol–water partition coefficient (Wildman–Crippen LogP) is 4.17. The summed E-state index contributed by atoms with van der Waals surface area (Å²) in [6.07, 6.45) is 10.6. The molecule has 0 amide bonds. The fraction of sp³-hybridized carbons (Fsp3) is 0.833. The van der Waals surface area contributed by atoms with Gasteiger partial charge in [-0.15, -0.1) is 6.58 Å². The highest BCUT2D eigenvalue weighted by Gasteiger charge is 2.46. The molecule has 0 aromatic heterocycles. The van der Waals surface area contributed by atoms with Crippen LogP contribution >= 0.6 is 0 Å². The van der Waals surface area contributed by atoms with E-state index in [-0.39, 0.29) is 0 Å². The first kappa shape index (κ1) is 9.83. The molecule has 0 N–H and O–H groups in total. The zero-order valence-electron chi connectivity index (χ0n) is 8.60. The molecule has 0 aromatic carbocycles. The number of unbranched alkanes of at least 4 members (excludes halogenated alkanes) is 3. The van der Waals surface area contributed by atoms with Gasteiger partial charge in [-0.3, -0.25) is 0 Å². The second-order valence-electron chi connectivity index (χ2n) is 4.51. The highest BCUT2D eigenvalue weighted by atomic mass is 14.5. The van der Waals surface area contributed by atoms with Gasteiger partial charge in [-0.05, 0) is 24.2 Å². The molecule has 0 saturated heterocycles. The molecule has 2 atom stereocenters. The molecule has 70 valence electrons. The fourth-order valence-electron chi connectivity index (χ4n) is 2.05. The lowest BCUT2D eigenvalue weighted by molar-refractivity contribution is 0.453. The lowest BCUT2D eigenvalue weighted by Gasteiger charge is -2.08. The molecule has 0 nitrogen and oxygen atoms in total. The van der Waals surface area contributed by atoms with Gasteiger partial charge >= 0.3 is 0 Å². The molecule has 2 unspecified atom stereocenters. The van der Waals surface area contributed by atoms with Crippen molar-refractivity contribution in [2.24, 2.45) is 11.3 Å². The normalized spacial score (nSPS) is 33.3. The van der Waals surface area contributed by atoms with E-state index in [1.54, 1.807) is 0 Å². The third-order valence-electron chi connectivity index (χ3n) is 3.31. The van der Waals surface area contributed by atoms with Gasteiger partial charge in [0.15, 0.2) is 0 Å².